The van der Waals surface area contributed by atoms with E-state index in [-0.39, 0.29) is 36.5 Å². The summed E-state index contributed by atoms with van der Waals surface area (Å²) in [7, 11) is 0. The monoisotopic (exact) mass is 628 g/mol. The van der Waals surface area contributed by atoms with E-state index >= 15 is 13.2 Å². The van der Waals surface area contributed by atoms with Gasteiger partial charge in [0.2, 0.25) is 0 Å². The zero-order valence-corrected chi connectivity index (χ0v) is 24.6. The lowest BCUT2D eigenvalue weighted by Crippen LogP contribution is -2.46. The number of aromatic nitrogens is 1. The number of benzene rings is 2. The Kier molecular flexibility index (Phi) is 11.4. The molecule has 0 bridgehead atoms. The number of pyridine rings is 1. The molecule has 42 heavy (non-hydrogen) atoms. The van der Waals surface area contributed by atoms with Gasteiger partial charge in [-0.1, -0.05) is 6.92 Å². The molecule has 2 saturated heterocycles. The average molecular weight is 630 g/mol. The number of carbonyl (C=O) groups is 1. The summed E-state index contributed by atoms with van der Waals surface area (Å²) >= 11 is 0. The maximum Gasteiger partial charge on any atom is 0.258 e. The minimum Gasteiger partial charge on any atom is -0.370 e. The summed E-state index contributed by atoms with van der Waals surface area (Å²) in [6.07, 6.45) is 4.66. The SMILES string of the molecule is C[C@@H]1C[C@H](N)CN(c2ccncc2NC(=O)c2ccc(F)c(-c3c(F)cc(N4CCCNCC4)cc3F)c2F)C1.Cl.Cl. The summed E-state index contributed by atoms with van der Waals surface area (Å²) in [6, 6.07) is 5.59. The van der Waals surface area contributed by atoms with Gasteiger partial charge in [-0.2, -0.15) is 0 Å². The standard InChI is InChI=1S/C29H32F4N6O.2ClH/c1-17-11-18(34)16-39(15-17)25-5-7-36-14-24(25)37-29(40)20-3-4-21(30)27(28(20)33)26-22(31)12-19(13-23(26)32)38-9-2-6-35-8-10-38;;/h3-5,7,12-14,17-18,35H,2,6,8-11,15-16,34H2,1H3,(H,37,40);2*1H/t17-,18+;;/m1../s1. The molecular formula is C29H34Cl2F4N6O. The van der Waals surface area contributed by atoms with Crippen LogP contribution in [0.25, 0.3) is 11.1 Å². The van der Waals surface area contributed by atoms with Crippen molar-refractivity contribution in [1.82, 2.24) is 10.3 Å². The summed E-state index contributed by atoms with van der Waals surface area (Å²) in [4.78, 5) is 21.1. The van der Waals surface area contributed by atoms with Crippen molar-refractivity contribution in [2.24, 2.45) is 11.7 Å². The molecule has 3 heterocycles. The topological polar surface area (TPSA) is 86.5 Å². The van der Waals surface area contributed by atoms with E-state index in [4.69, 9.17) is 5.73 Å². The quantitative estimate of drug-likeness (QED) is 0.329. The Morgan fingerprint density at radius 2 is 1.71 bits per heavy atom. The van der Waals surface area contributed by atoms with Crippen molar-refractivity contribution >= 4 is 47.8 Å². The van der Waals surface area contributed by atoms with E-state index in [1.807, 2.05) is 9.80 Å². The highest BCUT2D eigenvalue weighted by Gasteiger charge is 2.28. The number of nitrogens with two attached hydrogens (primary N) is 1. The molecule has 228 valence electrons. The number of hydrogen-bond acceptors (Lipinski definition) is 6. The van der Waals surface area contributed by atoms with Crippen LogP contribution in [0.2, 0.25) is 0 Å². The first kappa shape index (κ1) is 33.4. The number of anilines is 3. The number of carbonyl (C=O) groups excluding carboxylic acids is 1. The summed E-state index contributed by atoms with van der Waals surface area (Å²) in [5, 5.41) is 5.84. The minimum absolute atomic E-state index is 0. The Bertz CT molecular complexity index is 1370. The fourth-order valence-electron chi connectivity index (χ4n) is 5.59. The fourth-order valence-corrected chi connectivity index (χ4v) is 5.59. The van der Waals surface area contributed by atoms with Crippen molar-refractivity contribution in [2.75, 3.05) is 54.4 Å². The molecule has 1 aromatic heterocycles. The second-order valence-corrected chi connectivity index (χ2v) is 10.5. The molecule has 2 atom stereocenters. The van der Waals surface area contributed by atoms with Gasteiger partial charge in [0, 0.05) is 50.6 Å². The Hall–Kier alpha value is -3.12. The lowest BCUT2D eigenvalue weighted by molar-refractivity contribution is 0.102. The van der Waals surface area contributed by atoms with Crippen molar-refractivity contribution in [3.05, 3.63) is 71.6 Å². The van der Waals surface area contributed by atoms with E-state index in [1.54, 1.807) is 12.3 Å². The number of amides is 1. The van der Waals surface area contributed by atoms with Crippen LogP contribution >= 0.6 is 24.8 Å². The third-order valence-electron chi connectivity index (χ3n) is 7.40. The Morgan fingerprint density at radius 1 is 0.976 bits per heavy atom. The number of nitrogens with zero attached hydrogens (tertiary/aromatic N) is 3. The molecule has 7 nitrogen and oxygen atoms in total. The van der Waals surface area contributed by atoms with E-state index in [1.165, 1.54) is 6.20 Å². The van der Waals surface area contributed by atoms with Gasteiger partial charge in [-0.05, 0) is 55.6 Å². The van der Waals surface area contributed by atoms with Crippen molar-refractivity contribution in [3.8, 4) is 11.1 Å². The van der Waals surface area contributed by atoms with Crippen LogP contribution in [-0.4, -0.2) is 56.2 Å². The molecule has 2 aliphatic rings. The number of hydrogen-bond donors (Lipinski definition) is 3. The zero-order chi connectivity index (χ0) is 28.4. The van der Waals surface area contributed by atoms with Gasteiger partial charge in [0.15, 0.2) is 0 Å². The summed E-state index contributed by atoms with van der Waals surface area (Å²) < 4.78 is 61.2. The predicted molar refractivity (Wildman–Crippen MR) is 162 cm³/mol. The molecule has 2 fully saturated rings. The predicted octanol–water partition coefficient (Wildman–Crippen LogP) is 5.37. The second kappa shape index (κ2) is 14.4. The van der Waals surface area contributed by atoms with E-state index in [0.717, 1.165) is 43.7 Å². The molecule has 0 saturated carbocycles. The molecule has 2 aliphatic heterocycles. The molecule has 0 aliphatic carbocycles. The van der Waals surface area contributed by atoms with Crippen molar-refractivity contribution in [2.45, 2.75) is 25.8 Å². The van der Waals surface area contributed by atoms with E-state index in [9.17, 15) is 9.18 Å². The molecule has 3 aromatic rings. The van der Waals surface area contributed by atoms with E-state index in [2.05, 4.69) is 22.5 Å². The fraction of sp³-hybridized carbons (Fsp3) is 0.379. The number of piperidine rings is 1. The lowest BCUT2D eigenvalue weighted by Gasteiger charge is -2.37. The molecule has 1 amide bonds. The van der Waals surface area contributed by atoms with Crippen molar-refractivity contribution in [3.63, 3.8) is 0 Å². The number of nitrogens with one attached hydrogen (secondary N) is 2. The second-order valence-electron chi connectivity index (χ2n) is 10.5. The zero-order valence-electron chi connectivity index (χ0n) is 23.0. The molecule has 0 unspecified atom stereocenters. The Morgan fingerprint density at radius 3 is 2.43 bits per heavy atom. The Labute approximate surface area is 254 Å². The summed E-state index contributed by atoms with van der Waals surface area (Å²) in [6.45, 7) is 5.91. The van der Waals surface area contributed by atoms with Crippen molar-refractivity contribution in [1.29, 1.82) is 0 Å². The van der Waals surface area contributed by atoms with Crippen LogP contribution < -0.4 is 26.2 Å². The summed E-state index contributed by atoms with van der Waals surface area (Å²) in [5.41, 5.74) is 5.09. The largest absolute Gasteiger partial charge is 0.370 e. The van der Waals surface area contributed by atoms with Crippen LogP contribution in [0.4, 0.5) is 34.6 Å². The minimum atomic E-state index is -1.36. The lowest BCUT2D eigenvalue weighted by atomic mass is 9.96. The Balaban J connectivity index is 0.00000242. The van der Waals surface area contributed by atoms with Crippen LogP contribution in [0.5, 0.6) is 0 Å². The van der Waals surface area contributed by atoms with Crippen LogP contribution in [0.1, 0.15) is 30.1 Å². The maximum atomic E-state index is 15.7. The van der Waals surface area contributed by atoms with E-state index < -0.39 is 45.9 Å². The first-order valence-corrected chi connectivity index (χ1v) is 13.4. The van der Waals surface area contributed by atoms with Gasteiger partial charge in [0.25, 0.3) is 5.91 Å². The molecular weight excluding hydrogens is 595 g/mol. The molecule has 0 spiro atoms. The van der Waals surface area contributed by atoms with Gasteiger partial charge in [-0.15, -0.1) is 24.8 Å². The average Bonchev–Trinajstić information content (AvgIpc) is 3.19. The van der Waals surface area contributed by atoms with Gasteiger partial charge in [0.05, 0.1) is 34.3 Å². The van der Waals surface area contributed by atoms with Crippen LogP contribution in [0.3, 0.4) is 0 Å². The van der Waals surface area contributed by atoms with Crippen LogP contribution in [0.15, 0.2) is 42.7 Å². The van der Waals surface area contributed by atoms with E-state index in [0.29, 0.717) is 50.0 Å². The van der Waals surface area contributed by atoms with Gasteiger partial charge >= 0.3 is 0 Å². The summed E-state index contributed by atoms with van der Waals surface area (Å²) in [5.74, 6) is -5.36. The molecule has 4 N–H and O–H groups in total. The van der Waals surface area contributed by atoms with Crippen LogP contribution in [-0.2, 0) is 0 Å². The van der Waals surface area contributed by atoms with Gasteiger partial charge in [-0.3, -0.25) is 9.78 Å². The molecule has 13 heteroatoms. The van der Waals surface area contributed by atoms with Crippen LogP contribution in [0, 0.1) is 29.2 Å². The highest BCUT2D eigenvalue weighted by Crippen LogP contribution is 2.36. The van der Waals surface area contributed by atoms with Crippen molar-refractivity contribution < 1.29 is 22.4 Å². The first-order valence-electron chi connectivity index (χ1n) is 13.4. The molecule has 2 aromatic carbocycles. The highest BCUT2D eigenvalue weighted by atomic mass is 35.5. The number of halogens is 6. The first-order chi connectivity index (χ1) is 19.2. The van der Waals surface area contributed by atoms with Gasteiger partial charge in [-0.25, -0.2) is 17.6 Å². The third kappa shape index (κ3) is 7.08. The normalized spacial score (nSPS) is 18.9. The molecule has 0 radical (unpaired) electrons. The smallest absolute Gasteiger partial charge is 0.258 e. The molecule has 5 rings (SSSR count). The number of rotatable bonds is 5. The third-order valence-corrected chi connectivity index (χ3v) is 7.40. The highest BCUT2D eigenvalue weighted by molar-refractivity contribution is 6.06. The van der Waals surface area contributed by atoms with Gasteiger partial charge in [0.1, 0.15) is 23.3 Å². The maximum absolute atomic E-state index is 15.7. The van der Waals surface area contributed by atoms with Gasteiger partial charge < -0.3 is 26.2 Å².